The molecule has 0 radical (unpaired) electrons. The summed E-state index contributed by atoms with van der Waals surface area (Å²) in [7, 11) is 0. The van der Waals surface area contributed by atoms with Crippen molar-refractivity contribution in [3.63, 3.8) is 0 Å². The standard InChI is InChI=1S/C11H15ClN2O3/c1-7-11(16,2-3-17-7)6-14-10(15)9-4-8(12)5-13-9/h4-5,7,13,16H,2-3,6H2,1H3,(H,14,15). The number of hydrogen-bond donors (Lipinski definition) is 3. The zero-order chi connectivity index (χ0) is 12.5. The number of aliphatic hydroxyl groups is 1. The molecule has 2 unspecified atom stereocenters. The van der Waals surface area contributed by atoms with E-state index >= 15 is 0 Å². The minimum atomic E-state index is -0.980. The van der Waals surface area contributed by atoms with Crippen molar-refractivity contribution < 1.29 is 14.6 Å². The number of hydrogen-bond acceptors (Lipinski definition) is 3. The maximum atomic E-state index is 11.7. The summed E-state index contributed by atoms with van der Waals surface area (Å²) in [4.78, 5) is 14.5. The highest BCUT2D eigenvalue weighted by Gasteiger charge is 2.39. The van der Waals surface area contributed by atoms with Crippen molar-refractivity contribution in [2.45, 2.75) is 25.0 Å². The van der Waals surface area contributed by atoms with Crippen molar-refractivity contribution in [3.05, 3.63) is 23.0 Å². The van der Waals surface area contributed by atoms with Crippen molar-refractivity contribution in [3.8, 4) is 0 Å². The Labute approximate surface area is 104 Å². The van der Waals surface area contributed by atoms with Crippen LogP contribution in [0.2, 0.25) is 5.02 Å². The number of amides is 1. The van der Waals surface area contributed by atoms with Gasteiger partial charge in [0.15, 0.2) is 0 Å². The van der Waals surface area contributed by atoms with Crippen LogP contribution in [0.15, 0.2) is 12.3 Å². The molecule has 5 nitrogen and oxygen atoms in total. The van der Waals surface area contributed by atoms with Crippen molar-refractivity contribution in [2.24, 2.45) is 0 Å². The van der Waals surface area contributed by atoms with Gasteiger partial charge in [0.1, 0.15) is 11.3 Å². The summed E-state index contributed by atoms with van der Waals surface area (Å²) >= 11 is 5.70. The highest BCUT2D eigenvalue weighted by molar-refractivity contribution is 6.30. The van der Waals surface area contributed by atoms with Crippen LogP contribution in [0, 0.1) is 0 Å². The Morgan fingerprint density at radius 3 is 3.12 bits per heavy atom. The summed E-state index contributed by atoms with van der Waals surface area (Å²) in [5.74, 6) is -0.288. The number of H-pyrrole nitrogens is 1. The third-order valence-corrected chi connectivity index (χ3v) is 3.33. The molecule has 1 aliphatic rings. The molecule has 1 amide bonds. The molecule has 17 heavy (non-hydrogen) atoms. The lowest BCUT2D eigenvalue weighted by molar-refractivity contribution is -0.0251. The maximum absolute atomic E-state index is 11.7. The molecule has 3 N–H and O–H groups in total. The number of halogens is 1. The van der Waals surface area contributed by atoms with Crippen molar-refractivity contribution in [2.75, 3.05) is 13.2 Å². The first-order chi connectivity index (χ1) is 8.01. The third kappa shape index (κ3) is 2.62. The number of rotatable bonds is 3. The van der Waals surface area contributed by atoms with Gasteiger partial charge in [-0.25, -0.2) is 0 Å². The van der Waals surface area contributed by atoms with E-state index in [0.29, 0.717) is 23.7 Å². The van der Waals surface area contributed by atoms with Crippen molar-refractivity contribution in [1.82, 2.24) is 10.3 Å². The quantitative estimate of drug-likeness (QED) is 0.755. The van der Waals surface area contributed by atoms with Crippen LogP contribution < -0.4 is 5.32 Å². The highest BCUT2D eigenvalue weighted by atomic mass is 35.5. The average Bonchev–Trinajstić information content (AvgIpc) is 2.84. The molecule has 1 aromatic rings. The molecule has 0 aliphatic carbocycles. The van der Waals surface area contributed by atoms with Crippen LogP contribution in [0.5, 0.6) is 0 Å². The Balaban J connectivity index is 1.92. The lowest BCUT2D eigenvalue weighted by Gasteiger charge is -2.25. The second kappa shape index (κ2) is 4.68. The molecule has 2 rings (SSSR count). The predicted octanol–water partition coefficient (Wildman–Crippen LogP) is 0.938. The van der Waals surface area contributed by atoms with Gasteiger partial charge >= 0.3 is 0 Å². The van der Waals surface area contributed by atoms with E-state index in [1.807, 2.05) is 0 Å². The smallest absolute Gasteiger partial charge is 0.267 e. The monoisotopic (exact) mass is 258 g/mol. The molecule has 1 saturated heterocycles. The first-order valence-electron chi connectivity index (χ1n) is 5.47. The summed E-state index contributed by atoms with van der Waals surface area (Å²) in [5.41, 5.74) is -0.600. The number of carbonyl (C=O) groups excluding carboxylic acids is 1. The molecule has 94 valence electrons. The van der Waals surface area contributed by atoms with E-state index in [0.717, 1.165) is 0 Å². The molecule has 6 heteroatoms. The SMILES string of the molecule is CC1OCCC1(O)CNC(=O)c1cc(Cl)c[nH]1. The van der Waals surface area contributed by atoms with E-state index in [2.05, 4.69) is 10.3 Å². The summed E-state index contributed by atoms with van der Waals surface area (Å²) in [6, 6.07) is 1.54. The van der Waals surface area contributed by atoms with E-state index in [1.165, 1.54) is 12.3 Å². The van der Waals surface area contributed by atoms with Crippen LogP contribution in [0.4, 0.5) is 0 Å². The van der Waals surface area contributed by atoms with Gasteiger partial charge in [-0.2, -0.15) is 0 Å². The van der Waals surface area contributed by atoms with Gasteiger partial charge in [-0.1, -0.05) is 11.6 Å². The molecule has 2 heterocycles. The summed E-state index contributed by atoms with van der Waals surface area (Å²) in [5, 5.41) is 13.3. The minimum Gasteiger partial charge on any atom is -0.385 e. The topological polar surface area (TPSA) is 74.3 Å². The van der Waals surface area contributed by atoms with Crippen LogP contribution in [0.1, 0.15) is 23.8 Å². The Morgan fingerprint density at radius 1 is 1.82 bits per heavy atom. The normalized spacial score (nSPS) is 28.3. The molecule has 0 bridgehead atoms. The van der Waals surface area contributed by atoms with Crippen LogP contribution in [0.25, 0.3) is 0 Å². The lowest BCUT2D eigenvalue weighted by atomic mass is 9.97. The summed E-state index contributed by atoms with van der Waals surface area (Å²) < 4.78 is 5.28. The predicted molar refractivity (Wildman–Crippen MR) is 63.1 cm³/mol. The van der Waals surface area contributed by atoms with Gasteiger partial charge in [0.05, 0.1) is 11.1 Å². The maximum Gasteiger partial charge on any atom is 0.267 e. The third-order valence-electron chi connectivity index (χ3n) is 3.11. The Morgan fingerprint density at radius 2 is 2.59 bits per heavy atom. The molecular formula is C11H15ClN2O3. The molecule has 0 aromatic carbocycles. The number of aromatic nitrogens is 1. The van der Waals surface area contributed by atoms with Gasteiger partial charge < -0.3 is 20.1 Å². The van der Waals surface area contributed by atoms with Gasteiger partial charge in [-0.05, 0) is 13.0 Å². The van der Waals surface area contributed by atoms with E-state index in [-0.39, 0.29) is 18.6 Å². The summed E-state index contributed by atoms with van der Waals surface area (Å²) in [6.07, 6.45) is 1.79. The van der Waals surface area contributed by atoms with Gasteiger partial charge in [-0.15, -0.1) is 0 Å². The highest BCUT2D eigenvalue weighted by Crippen LogP contribution is 2.24. The van der Waals surface area contributed by atoms with Gasteiger partial charge in [-0.3, -0.25) is 4.79 Å². The second-order valence-corrected chi connectivity index (χ2v) is 4.72. The van der Waals surface area contributed by atoms with Crippen LogP contribution in [0.3, 0.4) is 0 Å². The second-order valence-electron chi connectivity index (χ2n) is 4.28. The van der Waals surface area contributed by atoms with Gasteiger partial charge in [0.25, 0.3) is 5.91 Å². The van der Waals surface area contributed by atoms with Crippen molar-refractivity contribution in [1.29, 1.82) is 0 Å². The average molecular weight is 259 g/mol. The first kappa shape index (κ1) is 12.4. The number of ether oxygens (including phenoxy) is 1. The number of nitrogens with one attached hydrogen (secondary N) is 2. The Hall–Kier alpha value is -1.04. The van der Waals surface area contributed by atoms with E-state index in [9.17, 15) is 9.90 Å². The van der Waals surface area contributed by atoms with E-state index in [1.54, 1.807) is 6.92 Å². The number of carbonyl (C=O) groups is 1. The largest absolute Gasteiger partial charge is 0.385 e. The van der Waals surface area contributed by atoms with Crippen LogP contribution in [-0.4, -0.2) is 40.9 Å². The molecule has 1 aromatic heterocycles. The Bertz CT molecular complexity index is 421. The molecular weight excluding hydrogens is 244 g/mol. The fraction of sp³-hybridized carbons (Fsp3) is 0.545. The van der Waals surface area contributed by atoms with Gasteiger partial charge in [0, 0.05) is 25.8 Å². The number of aromatic amines is 1. The molecule has 1 fully saturated rings. The first-order valence-corrected chi connectivity index (χ1v) is 5.85. The Kier molecular flexibility index (Phi) is 3.42. The van der Waals surface area contributed by atoms with Crippen LogP contribution in [-0.2, 0) is 4.74 Å². The minimum absolute atomic E-state index is 0.170. The molecule has 1 aliphatic heterocycles. The fourth-order valence-corrected chi connectivity index (χ4v) is 1.99. The summed E-state index contributed by atoms with van der Waals surface area (Å²) in [6.45, 7) is 2.48. The molecule has 2 atom stereocenters. The van der Waals surface area contributed by atoms with Crippen molar-refractivity contribution >= 4 is 17.5 Å². The zero-order valence-corrected chi connectivity index (χ0v) is 10.3. The van der Waals surface area contributed by atoms with E-state index < -0.39 is 5.60 Å². The van der Waals surface area contributed by atoms with Gasteiger partial charge in [0.2, 0.25) is 0 Å². The molecule has 0 spiro atoms. The fourth-order valence-electron chi connectivity index (χ4n) is 1.83. The lowest BCUT2D eigenvalue weighted by Crippen LogP contribution is -2.47. The molecule has 0 saturated carbocycles. The van der Waals surface area contributed by atoms with E-state index in [4.69, 9.17) is 16.3 Å². The zero-order valence-electron chi connectivity index (χ0n) is 9.50. The van der Waals surface area contributed by atoms with Crippen LogP contribution >= 0.6 is 11.6 Å².